The van der Waals surface area contributed by atoms with E-state index in [-0.39, 0.29) is 5.78 Å². The van der Waals surface area contributed by atoms with Crippen molar-refractivity contribution in [2.45, 2.75) is 6.42 Å². The molecular weight excluding hydrogens is 268 g/mol. The van der Waals surface area contributed by atoms with E-state index in [2.05, 4.69) is 0 Å². The second-order valence-electron chi connectivity index (χ2n) is 4.79. The molecule has 2 heteroatoms. The summed E-state index contributed by atoms with van der Waals surface area (Å²) in [5.41, 5.74) is 1.73. The minimum absolute atomic E-state index is 0.123. The van der Waals surface area contributed by atoms with Crippen LogP contribution in [0.1, 0.15) is 15.9 Å². The van der Waals surface area contributed by atoms with Gasteiger partial charge in [-0.05, 0) is 34.5 Å². The molecule has 20 heavy (non-hydrogen) atoms. The van der Waals surface area contributed by atoms with E-state index in [1.54, 1.807) is 0 Å². The molecule has 3 aromatic carbocycles. The Kier molecular flexibility index (Phi) is 3.53. The fourth-order valence-electron chi connectivity index (χ4n) is 2.25. The number of ketones is 1. The largest absolute Gasteiger partial charge is 0.294 e. The van der Waals surface area contributed by atoms with E-state index >= 15 is 0 Å². The van der Waals surface area contributed by atoms with Crippen molar-refractivity contribution in [3.63, 3.8) is 0 Å². The van der Waals surface area contributed by atoms with Crippen LogP contribution in [-0.4, -0.2) is 5.78 Å². The summed E-state index contributed by atoms with van der Waals surface area (Å²) < 4.78 is 0. The van der Waals surface area contributed by atoms with Crippen molar-refractivity contribution in [2.75, 3.05) is 0 Å². The molecule has 1 nitrogen and oxygen atoms in total. The molecule has 0 N–H and O–H groups in total. The van der Waals surface area contributed by atoms with Gasteiger partial charge >= 0.3 is 0 Å². The van der Waals surface area contributed by atoms with Crippen LogP contribution in [0.2, 0.25) is 5.02 Å². The van der Waals surface area contributed by atoms with Gasteiger partial charge in [-0.1, -0.05) is 60.1 Å². The zero-order chi connectivity index (χ0) is 13.9. The van der Waals surface area contributed by atoms with Crippen LogP contribution in [0.15, 0.2) is 66.7 Å². The molecule has 0 aliphatic carbocycles. The first kappa shape index (κ1) is 12.9. The first-order valence-corrected chi connectivity index (χ1v) is 6.86. The van der Waals surface area contributed by atoms with Crippen molar-refractivity contribution in [1.29, 1.82) is 0 Å². The molecule has 0 aliphatic rings. The molecule has 0 saturated carbocycles. The van der Waals surface area contributed by atoms with Gasteiger partial charge in [-0.2, -0.15) is 0 Å². The number of carbonyl (C=O) groups excluding carboxylic acids is 1. The molecule has 0 radical (unpaired) electrons. The topological polar surface area (TPSA) is 17.1 Å². The Balaban J connectivity index is 1.86. The van der Waals surface area contributed by atoms with Gasteiger partial charge in [0.2, 0.25) is 0 Å². The number of hydrogen-bond donors (Lipinski definition) is 0. The molecule has 3 rings (SSSR count). The third kappa shape index (κ3) is 2.73. The van der Waals surface area contributed by atoms with Crippen LogP contribution in [0.3, 0.4) is 0 Å². The summed E-state index contributed by atoms with van der Waals surface area (Å²) in [4.78, 5) is 12.3. The van der Waals surface area contributed by atoms with Gasteiger partial charge in [0.05, 0.1) is 0 Å². The summed E-state index contributed by atoms with van der Waals surface area (Å²) in [5, 5.41) is 2.93. The normalized spacial score (nSPS) is 10.7. The van der Waals surface area contributed by atoms with Crippen molar-refractivity contribution < 1.29 is 4.79 Å². The molecular formula is C18H13ClO. The SMILES string of the molecule is O=C(Cc1ccc(Cl)cc1)c1ccc2ccccc2c1. The lowest BCUT2D eigenvalue weighted by atomic mass is 10.00. The van der Waals surface area contributed by atoms with Crippen LogP contribution in [0, 0.1) is 0 Å². The quantitative estimate of drug-likeness (QED) is 0.623. The third-order valence-corrected chi connectivity index (χ3v) is 3.60. The Morgan fingerprint density at radius 3 is 2.30 bits per heavy atom. The lowest BCUT2D eigenvalue weighted by molar-refractivity contribution is 0.0993. The Bertz CT molecular complexity index is 760. The maximum Gasteiger partial charge on any atom is 0.167 e. The minimum atomic E-state index is 0.123. The van der Waals surface area contributed by atoms with Crippen molar-refractivity contribution in [1.82, 2.24) is 0 Å². The highest BCUT2D eigenvalue weighted by Gasteiger charge is 2.07. The Morgan fingerprint density at radius 1 is 0.850 bits per heavy atom. The molecule has 0 amide bonds. The van der Waals surface area contributed by atoms with Crippen LogP contribution in [0.4, 0.5) is 0 Å². The fraction of sp³-hybridized carbons (Fsp3) is 0.0556. The van der Waals surface area contributed by atoms with Gasteiger partial charge in [0, 0.05) is 17.0 Å². The number of rotatable bonds is 3. The van der Waals surface area contributed by atoms with E-state index in [0.29, 0.717) is 11.4 Å². The predicted molar refractivity (Wildman–Crippen MR) is 83.4 cm³/mol. The number of benzene rings is 3. The van der Waals surface area contributed by atoms with Gasteiger partial charge in [0.15, 0.2) is 5.78 Å². The molecule has 0 fully saturated rings. The highest BCUT2D eigenvalue weighted by molar-refractivity contribution is 6.30. The summed E-state index contributed by atoms with van der Waals surface area (Å²) in [7, 11) is 0. The number of fused-ring (bicyclic) bond motifs is 1. The molecule has 0 bridgehead atoms. The van der Waals surface area contributed by atoms with Gasteiger partial charge in [-0.15, -0.1) is 0 Å². The molecule has 3 aromatic rings. The Hall–Kier alpha value is -2.12. The van der Waals surface area contributed by atoms with Crippen molar-refractivity contribution >= 4 is 28.2 Å². The van der Waals surface area contributed by atoms with Gasteiger partial charge < -0.3 is 0 Å². The average molecular weight is 281 g/mol. The van der Waals surface area contributed by atoms with Crippen molar-refractivity contribution in [3.05, 3.63) is 82.9 Å². The summed E-state index contributed by atoms with van der Waals surface area (Å²) in [5.74, 6) is 0.123. The summed E-state index contributed by atoms with van der Waals surface area (Å²) in [6.45, 7) is 0. The van der Waals surface area contributed by atoms with Crippen LogP contribution >= 0.6 is 11.6 Å². The molecule has 0 unspecified atom stereocenters. The smallest absolute Gasteiger partial charge is 0.167 e. The standard InChI is InChI=1S/C18H13ClO/c19-17-9-5-13(6-10-17)11-18(20)16-8-7-14-3-1-2-4-15(14)12-16/h1-10,12H,11H2. The molecule has 0 aliphatic heterocycles. The monoisotopic (exact) mass is 280 g/mol. The maximum atomic E-state index is 12.3. The number of carbonyl (C=O) groups is 1. The fourth-order valence-corrected chi connectivity index (χ4v) is 2.38. The van der Waals surface area contributed by atoms with Gasteiger partial charge in [0.1, 0.15) is 0 Å². The highest BCUT2D eigenvalue weighted by atomic mass is 35.5. The Morgan fingerprint density at radius 2 is 1.55 bits per heavy atom. The number of Topliss-reactive ketones (excluding diaryl/α,β-unsaturated/α-hetero) is 1. The number of halogens is 1. The van der Waals surface area contributed by atoms with Crippen molar-refractivity contribution in [3.8, 4) is 0 Å². The zero-order valence-electron chi connectivity index (χ0n) is 10.8. The first-order valence-electron chi connectivity index (χ1n) is 6.49. The summed E-state index contributed by atoms with van der Waals surface area (Å²) in [6, 6.07) is 21.3. The lowest BCUT2D eigenvalue weighted by Gasteiger charge is -2.04. The molecule has 0 saturated heterocycles. The lowest BCUT2D eigenvalue weighted by Crippen LogP contribution is -2.03. The first-order chi connectivity index (χ1) is 9.72. The van der Waals surface area contributed by atoms with Gasteiger partial charge in [-0.3, -0.25) is 4.79 Å². The maximum absolute atomic E-state index is 12.3. The molecule has 98 valence electrons. The van der Waals surface area contributed by atoms with Crippen LogP contribution < -0.4 is 0 Å². The Labute approximate surface area is 122 Å². The van der Waals surface area contributed by atoms with Gasteiger partial charge in [-0.25, -0.2) is 0 Å². The van der Waals surface area contributed by atoms with E-state index in [1.807, 2.05) is 66.7 Å². The predicted octanol–water partition coefficient (Wildman–Crippen LogP) is 4.92. The van der Waals surface area contributed by atoms with E-state index in [9.17, 15) is 4.79 Å². The zero-order valence-corrected chi connectivity index (χ0v) is 11.6. The second-order valence-corrected chi connectivity index (χ2v) is 5.22. The summed E-state index contributed by atoms with van der Waals surface area (Å²) >= 11 is 5.85. The third-order valence-electron chi connectivity index (χ3n) is 3.35. The molecule has 0 spiro atoms. The average Bonchev–Trinajstić information content (AvgIpc) is 2.49. The molecule has 0 heterocycles. The van der Waals surface area contributed by atoms with E-state index in [4.69, 9.17) is 11.6 Å². The molecule has 0 atom stereocenters. The molecule has 0 aromatic heterocycles. The number of hydrogen-bond acceptors (Lipinski definition) is 1. The van der Waals surface area contributed by atoms with Crippen LogP contribution in [0.5, 0.6) is 0 Å². The van der Waals surface area contributed by atoms with E-state index < -0.39 is 0 Å². The minimum Gasteiger partial charge on any atom is -0.294 e. The second kappa shape index (κ2) is 5.48. The van der Waals surface area contributed by atoms with Crippen LogP contribution in [0.25, 0.3) is 10.8 Å². The van der Waals surface area contributed by atoms with E-state index in [1.165, 1.54) is 0 Å². The van der Waals surface area contributed by atoms with Crippen LogP contribution in [-0.2, 0) is 6.42 Å². The van der Waals surface area contributed by atoms with Crippen molar-refractivity contribution in [2.24, 2.45) is 0 Å². The highest BCUT2D eigenvalue weighted by Crippen LogP contribution is 2.18. The van der Waals surface area contributed by atoms with Gasteiger partial charge in [0.25, 0.3) is 0 Å². The van der Waals surface area contributed by atoms with E-state index in [0.717, 1.165) is 21.9 Å². The summed E-state index contributed by atoms with van der Waals surface area (Å²) in [6.07, 6.45) is 0.398.